The largest absolute Gasteiger partial charge is 0.490 e. The smallest absolute Gasteiger partial charge is 0.192 e. The van der Waals surface area contributed by atoms with Crippen molar-refractivity contribution < 1.29 is 9.16 Å². The van der Waals surface area contributed by atoms with Gasteiger partial charge in [0.25, 0.3) is 0 Å². The number of aromatic nitrogens is 1. The molecule has 1 heterocycles. The molecular formula is C13H24N2O2Si. The lowest BCUT2D eigenvalue weighted by molar-refractivity contribution is 0.203. The molecule has 0 bridgehead atoms. The van der Waals surface area contributed by atoms with Crippen molar-refractivity contribution in [1.82, 2.24) is 4.98 Å². The third kappa shape index (κ3) is 4.31. The fourth-order valence-electron chi connectivity index (χ4n) is 1.15. The normalized spacial score (nSPS) is 12.5. The minimum Gasteiger partial charge on any atom is -0.490 e. The topological polar surface area (TPSA) is 57.4 Å². The maximum absolute atomic E-state index is 6.01. The fraction of sp³-hybridized carbons (Fsp3) is 0.615. The van der Waals surface area contributed by atoms with Gasteiger partial charge in [-0.25, -0.2) is 4.98 Å². The zero-order valence-corrected chi connectivity index (χ0v) is 13.0. The molecule has 0 unspecified atom stereocenters. The zero-order valence-electron chi connectivity index (χ0n) is 12.0. The maximum atomic E-state index is 6.01. The van der Waals surface area contributed by atoms with Gasteiger partial charge < -0.3 is 14.9 Å². The molecule has 4 nitrogen and oxygen atoms in total. The number of nitrogen functional groups attached to an aromatic ring is 1. The summed E-state index contributed by atoms with van der Waals surface area (Å²) < 4.78 is 11.6. The van der Waals surface area contributed by atoms with Crippen molar-refractivity contribution >= 4 is 14.1 Å². The van der Waals surface area contributed by atoms with Gasteiger partial charge in [-0.3, -0.25) is 0 Å². The number of hydrogen-bond acceptors (Lipinski definition) is 4. The third-order valence-corrected chi connectivity index (χ3v) is 7.92. The number of ether oxygens (including phenoxy) is 1. The van der Waals surface area contributed by atoms with E-state index >= 15 is 0 Å². The van der Waals surface area contributed by atoms with Crippen LogP contribution in [0.25, 0.3) is 0 Å². The Labute approximate surface area is 111 Å². The van der Waals surface area contributed by atoms with E-state index in [0.717, 1.165) is 5.75 Å². The Kier molecular flexibility index (Phi) is 4.75. The van der Waals surface area contributed by atoms with Crippen molar-refractivity contribution in [2.75, 3.05) is 18.9 Å². The van der Waals surface area contributed by atoms with Crippen LogP contribution in [-0.4, -0.2) is 26.5 Å². The van der Waals surface area contributed by atoms with Crippen molar-refractivity contribution in [2.45, 2.75) is 38.9 Å². The van der Waals surface area contributed by atoms with Gasteiger partial charge in [0.15, 0.2) is 8.32 Å². The summed E-state index contributed by atoms with van der Waals surface area (Å²) >= 11 is 0. The van der Waals surface area contributed by atoms with E-state index in [0.29, 0.717) is 19.0 Å². The Morgan fingerprint density at radius 1 is 1.22 bits per heavy atom. The van der Waals surface area contributed by atoms with E-state index in [2.05, 4.69) is 38.8 Å². The highest BCUT2D eigenvalue weighted by Crippen LogP contribution is 2.36. The van der Waals surface area contributed by atoms with E-state index in [-0.39, 0.29) is 5.04 Å². The third-order valence-electron chi connectivity index (χ3n) is 3.38. The molecule has 2 N–H and O–H groups in total. The first-order valence-corrected chi connectivity index (χ1v) is 9.11. The molecule has 0 aliphatic rings. The molecule has 0 fully saturated rings. The van der Waals surface area contributed by atoms with Crippen molar-refractivity contribution in [3.05, 3.63) is 18.3 Å². The molecule has 0 saturated carbocycles. The second-order valence-electron chi connectivity index (χ2n) is 5.88. The summed E-state index contributed by atoms with van der Waals surface area (Å²) in [5, 5.41) is 0.232. The Morgan fingerprint density at radius 3 is 2.39 bits per heavy atom. The Hall–Kier alpha value is -1.07. The van der Waals surface area contributed by atoms with Crippen LogP contribution < -0.4 is 10.5 Å². The van der Waals surface area contributed by atoms with Crippen LogP contribution in [0, 0.1) is 0 Å². The van der Waals surface area contributed by atoms with Crippen LogP contribution in [0.5, 0.6) is 5.75 Å². The van der Waals surface area contributed by atoms with E-state index in [1.807, 2.05) is 6.07 Å². The van der Waals surface area contributed by atoms with Crippen LogP contribution in [0.3, 0.4) is 0 Å². The van der Waals surface area contributed by atoms with E-state index in [1.54, 1.807) is 12.3 Å². The molecule has 1 rings (SSSR count). The first-order valence-electron chi connectivity index (χ1n) is 6.21. The van der Waals surface area contributed by atoms with Crippen LogP contribution in [0.2, 0.25) is 18.1 Å². The van der Waals surface area contributed by atoms with Gasteiger partial charge >= 0.3 is 0 Å². The molecular weight excluding hydrogens is 244 g/mol. The summed E-state index contributed by atoms with van der Waals surface area (Å²) in [6, 6.07) is 3.54. The lowest BCUT2D eigenvalue weighted by Gasteiger charge is -2.36. The average Bonchev–Trinajstić information content (AvgIpc) is 2.25. The molecule has 0 atom stereocenters. The number of nitrogens with two attached hydrogens (primary N) is 1. The predicted octanol–water partition coefficient (Wildman–Crippen LogP) is 3.06. The quantitative estimate of drug-likeness (QED) is 0.658. The molecule has 18 heavy (non-hydrogen) atoms. The molecule has 0 aromatic carbocycles. The Bertz CT molecular complexity index is 372. The highest BCUT2D eigenvalue weighted by atomic mass is 28.4. The van der Waals surface area contributed by atoms with Crippen molar-refractivity contribution in [3.63, 3.8) is 0 Å². The summed E-state index contributed by atoms with van der Waals surface area (Å²) in [7, 11) is -1.67. The van der Waals surface area contributed by atoms with Crippen LogP contribution in [0.4, 0.5) is 5.82 Å². The van der Waals surface area contributed by atoms with Gasteiger partial charge in [0.2, 0.25) is 0 Å². The SMILES string of the molecule is CC(C)(C)[Si](C)(C)OCCOc1ccc(N)nc1. The van der Waals surface area contributed by atoms with Crippen molar-refractivity contribution in [2.24, 2.45) is 0 Å². The minimum atomic E-state index is -1.67. The molecule has 0 radical (unpaired) electrons. The second kappa shape index (κ2) is 5.71. The first-order chi connectivity index (χ1) is 8.22. The summed E-state index contributed by atoms with van der Waals surface area (Å²) in [6.45, 7) is 12.3. The molecule has 0 saturated heterocycles. The van der Waals surface area contributed by atoms with Crippen LogP contribution in [0.1, 0.15) is 20.8 Å². The van der Waals surface area contributed by atoms with Crippen LogP contribution in [-0.2, 0) is 4.43 Å². The van der Waals surface area contributed by atoms with Crippen LogP contribution in [0.15, 0.2) is 18.3 Å². The van der Waals surface area contributed by atoms with Gasteiger partial charge in [-0.1, -0.05) is 20.8 Å². The molecule has 102 valence electrons. The highest BCUT2D eigenvalue weighted by Gasteiger charge is 2.36. The number of rotatable bonds is 5. The van der Waals surface area contributed by atoms with Gasteiger partial charge in [-0.05, 0) is 30.3 Å². The second-order valence-corrected chi connectivity index (χ2v) is 10.7. The molecule has 1 aromatic rings. The number of anilines is 1. The molecule has 1 aromatic heterocycles. The van der Waals surface area contributed by atoms with E-state index in [9.17, 15) is 0 Å². The van der Waals surface area contributed by atoms with Crippen molar-refractivity contribution in [1.29, 1.82) is 0 Å². The Balaban J connectivity index is 2.33. The van der Waals surface area contributed by atoms with Gasteiger partial charge in [0, 0.05) is 0 Å². The molecule has 5 heteroatoms. The van der Waals surface area contributed by atoms with Crippen molar-refractivity contribution in [3.8, 4) is 5.75 Å². The summed E-state index contributed by atoms with van der Waals surface area (Å²) in [4.78, 5) is 3.97. The highest BCUT2D eigenvalue weighted by molar-refractivity contribution is 6.74. The summed E-state index contributed by atoms with van der Waals surface area (Å²) in [6.07, 6.45) is 1.63. The number of hydrogen-bond donors (Lipinski definition) is 1. The summed E-state index contributed by atoms with van der Waals surface area (Å²) in [5.74, 6) is 1.22. The Morgan fingerprint density at radius 2 is 1.89 bits per heavy atom. The number of pyridine rings is 1. The number of nitrogens with zero attached hydrogens (tertiary/aromatic N) is 1. The molecule has 0 amide bonds. The van der Waals surface area contributed by atoms with E-state index in [4.69, 9.17) is 14.9 Å². The average molecular weight is 268 g/mol. The lowest BCUT2D eigenvalue weighted by Crippen LogP contribution is -2.41. The van der Waals surface area contributed by atoms with Gasteiger partial charge in [0.1, 0.15) is 18.2 Å². The molecule has 0 aliphatic carbocycles. The fourth-order valence-corrected chi connectivity index (χ4v) is 2.18. The summed E-state index contributed by atoms with van der Waals surface area (Å²) in [5.41, 5.74) is 5.50. The monoisotopic (exact) mass is 268 g/mol. The van der Waals surface area contributed by atoms with E-state index in [1.165, 1.54) is 0 Å². The predicted molar refractivity (Wildman–Crippen MR) is 77.3 cm³/mol. The standard InChI is InChI=1S/C13H24N2O2Si/c1-13(2,3)18(4,5)17-9-8-16-11-6-7-12(14)15-10-11/h6-7,10H,8-9H2,1-5H3,(H2,14,15). The minimum absolute atomic E-state index is 0.232. The first kappa shape index (κ1) is 15.0. The maximum Gasteiger partial charge on any atom is 0.192 e. The molecule has 0 spiro atoms. The van der Waals surface area contributed by atoms with Crippen LogP contribution >= 0.6 is 0 Å². The van der Waals surface area contributed by atoms with Gasteiger partial charge in [-0.15, -0.1) is 0 Å². The van der Waals surface area contributed by atoms with Gasteiger partial charge in [-0.2, -0.15) is 0 Å². The van der Waals surface area contributed by atoms with E-state index < -0.39 is 8.32 Å². The molecule has 0 aliphatic heterocycles. The van der Waals surface area contributed by atoms with Gasteiger partial charge in [0.05, 0.1) is 12.8 Å². The zero-order chi connectivity index (χ0) is 13.8. The lowest BCUT2D eigenvalue weighted by atomic mass is 10.2.